The van der Waals surface area contributed by atoms with Crippen LogP contribution in [0.5, 0.6) is 5.75 Å². The first-order valence-electron chi connectivity index (χ1n) is 11.6. The Hall–Kier alpha value is -3.10. The molecule has 0 aromatic heterocycles. The number of anilines is 1. The van der Waals surface area contributed by atoms with Crippen molar-refractivity contribution in [3.8, 4) is 5.75 Å². The first-order valence-corrected chi connectivity index (χ1v) is 11.6. The molecule has 4 N–H and O–H groups in total. The lowest BCUT2D eigenvalue weighted by Gasteiger charge is -2.34. The van der Waals surface area contributed by atoms with E-state index in [1.807, 2.05) is 54.4 Å². The van der Waals surface area contributed by atoms with Crippen LogP contribution >= 0.6 is 0 Å². The Kier molecular flexibility index (Phi) is 9.53. The number of carbonyl (C=O) groups excluding carboxylic acids is 2. The van der Waals surface area contributed by atoms with Crippen molar-refractivity contribution in [1.29, 1.82) is 0 Å². The van der Waals surface area contributed by atoms with E-state index in [1.165, 1.54) is 0 Å². The fourth-order valence-corrected chi connectivity index (χ4v) is 3.70. The maximum absolute atomic E-state index is 13.0. The van der Waals surface area contributed by atoms with Gasteiger partial charge in [-0.2, -0.15) is 0 Å². The highest BCUT2D eigenvalue weighted by atomic mass is 16.5. The molecule has 0 saturated carbocycles. The molecule has 0 spiro atoms. The van der Waals surface area contributed by atoms with E-state index < -0.39 is 12.1 Å². The van der Waals surface area contributed by atoms with E-state index in [4.69, 9.17) is 10.5 Å². The quantitative estimate of drug-likeness (QED) is 0.480. The molecular formula is C25H35N5O3. The van der Waals surface area contributed by atoms with Gasteiger partial charge >= 0.3 is 6.03 Å². The second kappa shape index (κ2) is 12.8. The number of nitrogens with two attached hydrogens (primary N) is 1. The number of ether oxygens (including phenoxy) is 1. The number of nitrogens with zero attached hydrogens (tertiary/aromatic N) is 2. The van der Waals surface area contributed by atoms with Crippen LogP contribution in [-0.2, 0) is 11.4 Å². The van der Waals surface area contributed by atoms with E-state index in [0.717, 1.165) is 37.2 Å². The van der Waals surface area contributed by atoms with Crippen molar-refractivity contribution < 1.29 is 14.3 Å². The second-order valence-electron chi connectivity index (χ2n) is 8.36. The number of rotatable bonds is 10. The van der Waals surface area contributed by atoms with Gasteiger partial charge in [-0.25, -0.2) is 4.79 Å². The molecule has 1 aliphatic heterocycles. The molecule has 178 valence electrons. The first kappa shape index (κ1) is 24.5. The Bertz CT molecular complexity index is 867. The lowest BCUT2D eigenvalue weighted by atomic mass is 10.1. The molecule has 1 aliphatic rings. The van der Waals surface area contributed by atoms with Crippen molar-refractivity contribution in [3.63, 3.8) is 0 Å². The fraction of sp³-hybridized carbons (Fsp3) is 0.440. The molecule has 0 radical (unpaired) electrons. The third-order valence-corrected chi connectivity index (χ3v) is 5.73. The summed E-state index contributed by atoms with van der Waals surface area (Å²) in [5, 5.41) is 5.69. The Balaban J connectivity index is 1.52. The lowest BCUT2D eigenvalue weighted by Crippen LogP contribution is -2.54. The minimum Gasteiger partial charge on any atom is -0.489 e. The summed E-state index contributed by atoms with van der Waals surface area (Å²) < 4.78 is 5.79. The molecule has 33 heavy (non-hydrogen) atoms. The van der Waals surface area contributed by atoms with Crippen LogP contribution in [0.1, 0.15) is 24.8 Å². The number of hydrogen-bond acceptors (Lipinski definition) is 5. The standard InChI is InChI=1S/C25H35N5O3/c1-29-15-17-30(18-16-29)24(31)23(9-5-6-14-26)28-25(32)27-21-10-12-22(13-11-21)33-19-20-7-3-2-4-8-20/h2-4,7-8,10-13,23H,5-6,9,14-19,26H2,1H3,(H2,27,28,32). The molecule has 3 rings (SSSR count). The zero-order valence-corrected chi connectivity index (χ0v) is 19.3. The van der Waals surface area contributed by atoms with Crippen LogP contribution in [-0.4, -0.2) is 67.6 Å². The van der Waals surface area contributed by atoms with Crippen LogP contribution in [0, 0.1) is 0 Å². The molecule has 1 unspecified atom stereocenters. The van der Waals surface area contributed by atoms with E-state index >= 15 is 0 Å². The highest BCUT2D eigenvalue weighted by Crippen LogP contribution is 2.17. The van der Waals surface area contributed by atoms with Gasteiger partial charge in [0.05, 0.1) is 0 Å². The zero-order valence-electron chi connectivity index (χ0n) is 19.3. The zero-order chi connectivity index (χ0) is 23.5. The molecule has 1 heterocycles. The average molecular weight is 454 g/mol. The number of amides is 3. The van der Waals surface area contributed by atoms with Gasteiger partial charge in [0, 0.05) is 31.9 Å². The summed E-state index contributed by atoms with van der Waals surface area (Å²) in [7, 11) is 2.05. The molecule has 2 aromatic carbocycles. The molecule has 8 nitrogen and oxygen atoms in total. The van der Waals surface area contributed by atoms with Crippen LogP contribution in [0.25, 0.3) is 0 Å². The van der Waals surface area contributed by atoms with Crippen molar-refractivity contribution >= 4 is 17.6 Å². The highest BCUT2D eigenvalue weighted by molar-refractivity contribution is 5.93. The summed E-state index contributed by atoms with van der Waals surface area (Å²) in [5.41, 5.74) is 7.33. The summed E-state index contributed by atoms with van der Waals surface area (Å²) in [5.74, 6) is 0.689. The van der Waals surface area contributed by atoms with Crippen LogP contribution in [0.15, 0.2) is 54.6 Å². The third kappa shape index (κ3) is 8.07. The molecule has 3 amide bonds. The van der Waals surface area contributed by atoms with E-state index in [-0.39, 0.29) is 5.91 Å². The average Bonchev–Trinajstić information content (AvgIpc) is 2.84. The molecule has 0 bridgehead atoms. The third-order valence-electron chi connectivity index (χ3n) is 5.73. The Morgan fingerprint density at radius 3 is 2.36 bits per heavy atom. The summed E-state index contributed by atoms with van der Waals surface area (Å²) in [6, 6.07) is 16.2. The van der Waals surface area contributed by atoms with Crippen molar-refractivity contribution in [2.24, 2.45) is 5.73 Å². The first-order chi connectivity index (χ1) is 16.0. The number of urea groups is 1. The van der Waals surface area contributed by atoms with Crippen LogP contribution in [0.2, 0.25) is 0 Å². The summed E-state index contributed by atoms with van der Waals surface area (Å²) in [6.07, 6.45) is 2.18. The van der Waals surface area contributed by atoms with Gasteiger partial charge in [0.25, 0.3) is 0 Å². The smallest absolute Gasteiger partial charge is 0.319 e. The minimum absolute atomic E-state index is 0.0278. The van der Waals surface area contributed by atoms with E-state index in [0.29, 0.717) is 38.3 Å². The lowest BCUT2D eigenvalue weighted by molar-refractivity contribution is -0.135. The van der Waals surface area contributed by atoms with E-state index in [2.05, 4.69) is 15.5 Å². The van der Waals surface area contributed by atoms with Gasteiger partial charge in [0.15, 0.2) is 0 Å². The number of carbonyl (C=O) groups is 2. The van der Waals surface area contributed by atoms with E-state index in [1.54, 1.807) is 12.1 Å². The summed E-state index contributed by atoms with van der Waals surface area (Å²) in [6.45, 7) is 4.08. The number of nitrogens with one attached hydrogen (secondary N) is 2. The number of likely N-dealkylation sites (N-methyl/N-ethyl adjacent to an activating group) is 1. The monoisotopic (exact) mass is 453 g/mol. The predicted octanol–water partition coefficient (Wildman–Crippen LogP) is 2.66. The summed E-state index contributed by atoms with van der Waals surface area (Å²) in [4.78, 5) is 29.7. The van der Waals surface area contributed by atoms with Gasteiger partial charge < -0.3 is 30.9 Å². The maximum atomic E-state index is 13.0. The van der Waals surface area contributed by atoms with Gasteiger partial charge in [-0.15, -0.1) is 0 Å². The van der Waals surface area contributed by atoms with Crippen molar-refractivity contribution in [3.05, 3.63) is 60.2 Å². The second-order valence-corrected chi connectivity index (χ2v) is 8.36. The van der Waals surface area contributed by atoms with Crippen LogP contribution in [0.3, 0.4) is 0 Å². The summed E-state index contributed by atoms with van der Waals surface area (Å²) >= 11 is 0. The van der Waals surface area contributed by atoms with Gasteiger partial charge in [0.1, 0.15) is 18.4 Å². The van der Waals surface area contributed by atoms with Gasteiger partial charge in [-0.1, -0.05) is 30.3 Å². The van der Waals surface area contributed by atoms with E-state index in [9.17, 15) is 9.59 Å². The molecule has 2 aromatic rings. The SMILES string of the molecule is CN1CCN(C(=O)C(CCCCN)NC(=O)Nc2ccc(OCc3ccccc3)cc2)CC1. The van der Waals surface area contributed by atoms with Gasteiger partial charge in [-0.05, 0) is 62.7 Å². The normalized spacial score (nSPS) is 15.0. The molecule has 1 saturated heterocycles. The topological polar surface area (TPSA) is 99.9 Å². The van der Waals surface area contributed by atoms with Crippen LogP contribution in [0.4, 0.5) is 10.5 Å². The number of benzene rings is 2. The maximum Gasteiger partial charge on any atom is 0.319 e. The Morgan fingerprint density at radius 2 is 1.70 bits per heavy atom. The number of hydrogen-bond donors (Lipinski definition) is 3. The largest absolute Gasteiger partial charge is 0.489 e. The van der Waals surface area contributed by atoms with Crippen LogP contribution < -0.4 is 21.1 Å². The predicted molar refractivity (Wildman–Crippen MR) is 130 cm³/mol. The van der Waals surface area contributed by atoms with Crippen molar-refractivity contribution in [2.75, 3.05) is 45.1 Å². The van der Waals surface area contributed by atoms with Crippen molar-refractivity contribution in [2.45, 2.75) is 31.9 Å². The Labute approximate surface area is 196 Å². The molecule has 8 heteroatoms. The van der Waals surface area contributed by atoms with Gasteiger partial charge in [-0.3, -0.25) is 4.79 Å². The minimum atomic E-state index is -0.562. The Morgan fingerprint density at radius 1 is 1.00 bits per heavy atom. The highest BCUT2D eigenvalue weighted by Gasteiger charge is 2.27. The number of unbranched alkanes of at least 4 members (excludes halogenated alkanes) is 1. The number of piperazine rings is 1. The molecular weight excluding hydrogens is 418 g/mol. The fourth-order valence-electron chi connectivity index (χ4n) is 3.70. The van der Waals surface area contributed by atoms with Crippen molar-refractivity contribution in [1.82, 2.24) is 15.1 Å². The molecule has 0 aliphatic carbocycles. The van der Waals surface area contributed by atoms with Gasteiger partial charge in [0.2, 0.25) is 5.91 Å². The molecule has 1 atom stereocenters. The molecule has 1 fully saturated rings.